The summed E-state index contributed by atoms with van der Waals surface area (Å²) in [4.78, 5) is 17.1. The molecule has 3 aliphatic rings. The first-order valence-corrected chi connectivity index (χ1v) is 7.44. The average Bonchev–Trinajstić information content (AvgIpc) is 2.75. The summed E-state index contributed by atoms with van der Waals surface area (Å²) in [6, 6.07) is 10.3. The highest BCUT2D eigenvalue weighted by Crippen LogP contribution is 2.47. The molecule has 20 heavy (non-hydrogen) atoms. The molecule has 0 aliphatic carbocycles. The Balaban J connectivity index is 1.48. The molecule has 0 bridgehead atoms. The molecule has 4 nitrogen and oxygen atoms in total. The Hall–Kier alpha value is -1.39. The second-order valence-corrected chi connectivity index (χ2v) is 6.57. The Morgan fingerprint density at radius 2 is 1.95 bits per heavy atom. The SMILES string of the molecule is CN1C2(CCC13CN(Cc1ccccc1)C3=O)CNC2. The van der Waals surface area contributed by atoms with E-state index in [4.69, 9.17) is 0 Å². The number of β-lactam (4-membered cyclic amide) rings is 1. The third kappa shape index (κ3) is 1.46. The molecule has 0 radical (unpaired) electrons. The van der Waals surface area contributed by atoms with E-state index in [1.807, 2.05) is 23.1 Å². The van der Waals surface area contributed by atoms with Gasteiger partial charge in [-0.3, -0.25) is 9.69 Å². The van der Waals surface area contributed by atoms with E-state index in [9.17, 15) is 4.79 Å². The molecule has 3 heterocycles. The smallest absolute Gasteiger partial charge is 0.245 e. The van der Waals surface area contributed by atoms with E-state index in [0.29, 0.717) is 5.91 Å². The minimum absolute atomic E-state index is 0.198. The molecule has 1 atom stereocenters. The lowest BCUT2D eigenvalue weighted by atomic mass is 9.85. The van der Waals surface area contributed by atoms with Crippen molar-refractivity contribution >= 4 is 5.91 Å². The number of hydrogen-bond acceptors (Lipinski definition) is 3. The van der Waals surface area contributed by atoms with E-state index in [-0.39, 0.29) is 11.1 Å². The molecule has 1 aromatic carbocycles. The molecule has 4 heteroatoms. The highest BCUT2D eigenvalue weighted by Gasteiger charge is 2.64. The molecule has 3 saturated heterocycles. The summed E-state index contributed by atoms with van der Waals surface area (Å²) in [6.07, 6.45) is 2.18. The predicted molar refractivity (Wildman–Crippen MR) is 77.2 cm³/mol. The topological polar surface area (TPSA) is 35.6 Å². The fourth-order valence-corrected chi connectivity index (χ4v) is 4.08. The molecule has 4 rings (SSSR count). The third-order valence-corrected chi connectivity index (χ3v) is 5.62. The van der Waals surface area contributed by atoms with Gasteiger partial charge in [-0.15, -0.1) is 0 Å². The van der Waals surface area contributed by atoms with E-state index in [1.54, 1.807) is 0 Å². The molecular formula is C16H21N3O. The zero-order valence-electron chi connectivity index (χ0n) is 11.9. The van der Waals surface area contributed by atoms with Crippen molar-refractivity contribution in [3.05, 3.63) is 35.9 Å². The predicted octanol–water partition coefficient (Wildman–Crippen LogP) is 0.835. The Labute approximate surface area is 119 Å². The van der Waals surface area contributed by atoms with E-state index < -0.39 is 0 Å². The summed E-state index contributed by atoms with van der Waals surface area (Å²) < 4.78 is 0. The molecule has 3 fully saturated rings. The van der Waals surface area contributed by atoms with Crippen LogP contribution in [0.4, 0.5) is 0 Å². The van der Waals surface area contributed by atoms with Gasteiger partial charge in [0.05, 0.1) is 0 Å². The van der Waals surface area contributed by atoms with Gasteiger partial charge in [0.25, 0.3) is 0 Å². The van der Waals surface area contributed by atoms with Crippen molar-refractivity contribution in [1.82, 2.24) is 15.1 Å². The van der Waals surface area contributed by atoms with Crippen LogP contribution in [0.2, 0.25) is 0 Å². The summed E-state index contributed by atoms with van der Waals surface area (Å²) >= 11 is 0. The second kappa shape index (κ2) is 4.06. The monoisotopic (exact) mass is 271 g/mol. The second-order valence-electron chi connectivity index (χ2n) is 6.57. The highest BCUT2D eigenvalue weighted by atomic mass is 16.2. The molecule has 0 saturated carbocycles. The number of likely N-dealkylation sites (N-methyl/N-ethyl adjacent to an activating group) is 1. The van der Waals surface area contributed by atoms with Crippen molar-refractivity contribution in [2.45, 2.75) is 30.5 Å². The first kappa shape index (κ1) is 12.4. The maximum atomic E-state index is 12.7. The van der Waals surface area contributed by atoms with Crippen LogP contribution in [0.15, 0.2) is 30.3 Å². The van der Waals surface area contributed by atoms with Crippen LogP contribution in [0.1, 0.15) is 18.4 Å². The van der Waals surface area contributed by atoms with Gasteiger partial charge in [0.15, 0.2) is 0 Å². The normalized spacial score (nSPS) is 31.6. The van der Waals surface area contributed by atoms with Crippen molar-refractivity contribution in [2.75, 3.05) is 26.7 Å². The van der Waals surface area contributed by atoms with Crippen LogP contribution in [0.5, 0.6) is 0 Å². The van der Waals surface area contributed by atoms with Gasteiger partial charge in [-0.25, -0.2) is 0 Å². The molecule has 3 aliphatic heterocycles. The maximum absolute atomic E-state index is 12.7. The Morgan fingerprint density at radius 3 is 2.50 bits per heavy atom. The van der Waals surface area contributed by atoms with Crippen molar-refractivity contribution in [3.8, 4) is 0 Å². The zero-order valence-corrected chi connectivity index (χ0v) is 11.9. The molecule has 106 valence electrons. The van der Waals surface area contributed by atoms with Crippen molar-refractivity contribution in [3.63, 3.8) is 0 Å². The highest BCUT2D eigenvalue weighted by molar-refractivity contribution is 5.93. The van der Waals surface area contributed by atoms with Crippen molar-refractivity contribution in [2.24, 2.45) is 0 Å². The van der Waals surface area contributed by atoms with Gasteiger partial charge < -0.3 is 10.2 Å². The minimum Gasteiger partial charge on any atom is -0.334 e. The first-order chi connectivity index (χ1) is 9.66. The minimum atomic E-state index is -0.198. The van der Waals surface area contributed by atoms with E-state index in [1.165, 1.54) is 5.56 Å². The fourth-order valence-electron chi connectivity index (χ4n) is 4.08. The van der Waals surface area contributed by atoms with Crippen LogP contribution in [0.3, 0.4) is 0 Å². The number of hydrogen-bond donors (Lipinski definition) is 1. The summed E-state index contributed by atoms with van der Waals surface area (Å²) in [6.45, 7) is 3.72. The van der Waals surface area contributed by atoms with Gasteiger partial charge in [-0.05, 0) is 25.5 Å². The Morgan fingerprint density at radius 1 is 1.20 bits per heavy atom. The maximum Gasteiger partial charge on any atom is 0.245 e. The van der Waals surface area contributed by atoms with Gasteiger partial charge in [-0.2, -0.15) is 0 Å². The number of likely N-dealkylation sites (tertiary alicyclic amines) is 2. The van der Waals surface area contributed by atoms with Crippen LogP contribution < -0.4 is 5.32 Å². The molecule has 1 unspecified atom stereocenters. The van der Waals surface area contributed by atoms with Crippen LogP contribution in [-0.2, 0) is 11.3 Å². The standard InChI is InChI=1S/C16H21N3O/c1-18-15(10-17-11-15)7-8-16(18)12-19(14(16)20)9-13-5-3-2-4-6-13/h2-6,17H,7-12H2,1H3. The number of carbonyl (C=O) groups is 1. The molecule has 1 amide bonds. The molecule has 0 aromatic heterocycles. The number of rotatable bonds is 2. The van der Waals surface area contributed by atoms with Crippen LogP contribution >= 0.6 is 0 Å². The van der Waals surface area contributed by atoms with Crippen LogP contribution in [-0.4, -0.2) is 53.5 Å². The fraction of sp³-hybridized carbons (Fsp3) is 0.562. The van der Waals surface area contributed by atoms with Gasteiger partial charge in [0.2, 0.25) is 5.91 Å². The third-order valence-electron chi connectivity index (χ3n) is 5.62. The lowest BCUT2D eigenvalue weighted by molar-refractivity contribution is -0.166. The van der Waals surface area contributed by atoms with E-state index in [0.717, 1.165) is 39.0 Å². The summed E-state index contributed by atoms with van der Waals surface area (Å²) in [7, 11) is 2.14. The summed E-state index contributed by atoms with van der Waals surface area (Å²) in [5, 5.41) is 3.36. The summed E-state index contributed by atoms with van der Waals surface area (Å²) in [5.74, 6) is 0.327. The van der Waals surface area contributed by atoms with Gasteiger partial charge in [0.1, 0.15) is 5.54 Å². The zero-order chi connectivity index (χ0) is 13.8. The number of amides is 1. The molecule has 1 N–H and O–H groups in total. The number of carbonyl (C=O) groups excluding carboxylic acids is 1. The number of nitrogens with one attached hydrogen (secondary N) is 1. The van der Waals surface area contributed by atoms with Gasteiger partial charge in [-0.1, -0.05) is 30.3 Å². The Kier molecular flexibility index (Phi) is 2.51. The van der Waals surface area contributed by atoms with E-state index >= 15 is 0 Å². The van der Waals surface area contributed by atoms with Crippen molar-refractivity contribution in [1.29, 1.82) is 0 Å². The molecule has 2 spiro atoms. The molecule has 1 aromatic rings. The molecular weight excluding hydrogens is 250 g/mol. The van der Waals surface area contributed by atoms with Crippen LogP contribution in [0.25, 0.3) is 0 Å². The quantitative estimate of drug-likeness (QED) is 0.810. The summed E-state index contributed by atoms with van der Waals surface area (Å²) in [5.41, 5.74) is 1.28. The lowest BCUT2D eigenvalue weighted by Gasteiger charge is -2.55. The van der Waals surface area contributed by atoms with Crippen molar-refractivity contribution < 1.29 is 4.79 Å². The van der Waals surface area contributed by atoms with Gasteiger partial charge in [0, 0.05) is 31.7 Å². The Bertz CT molecular complexity index is 540. The number of benzene rings is 1. The van der Waals surface area contributed by atoms with Gasteiger partial charge >= 0.3 is 0 Å². The largest absolute Gasteiger partial charge is 0.334 e. The number of nitrogens with zero attached hydrogens (tertiary/aromatic N) is 2. The van der Waals surface area contributed by atoms with E-state index in [2.05, 4.69) is 29.4 Å². The average molecular weight is 271 g/mol. The lowest BCUT2D eigenvalue weighted by Crippen LogP contribution is -2.77. The van der Waals surface area contributed by atoms with Crippen LogP contribution in [0, 0.1) is 0 Å². The first-order valence-electron chi connectivity index (χ1n) is 7.44.